The van der Waals surface area contributed by atoms with Crippen molar-refractivity contribution in [3.63, 3.8) is 0 Å². The van der Waals surface area contributed by atoms with E-state index >= 15 is 0 Å². The quantitative estimate of drug-likeness (QED) is 0.392. The summed E-state index contributed by atoms with van der Waals surface area (Å²) in [5.41, 5.74) is 4.53. The summed E-state index contributed by atoms with van der Waals surface area (Å²) < 4.78 is 0.934. The average molecular weight is 242 g/mol. The molecule has 0 saturated carbocycles. The zero-order valence-corrected chi connectivity index (χ0v) is 11.0. The Morgan fingerprint density at radius 2 is 1.71 bits per heavy atom. The maximum Gasteiger partial charge on any atom is 0.243 e. The van der Waals surface area contributed by atoms with Crippen LogP contribution in [-0.2, 0) is 9.59 Å². The first-order valence-electron chi connectivity index (χ1n) is 5.35. The first-order chi connectivity index (χ1) is 7.72. The zero-order valence-electron chi connectivity index (χ0n) is 11.0. The van der Waals surface area contributed by atoms with E-state index < -0.39 is 5.91 Å². The van der Waals surface area contributed by atoms with Crippen LogP contribution in [0.3, 0.4) is 0 Å². The molecule has 0 saturated heterocycles. The molecule has 3 N–H and O–H groups in total. The highest BCUT2D eigenvalue weighted by Crippen LogP contribution is 1.91. The van der Waals surface area contributed by atoms with Crippen molar-refractivity contribution >= 4 is 11.8 Å². The van der Waals surface area contributed by atoms with Crippen LogP contribution in [0.25, 0.3) is 0 Å². The summed E-state index contributed by atoms with van der Waals surface area (Å²) in [6.07, 6.45) is 3.36. The number of nitrogens with two attached hydrogens (primary N) is 1. The number of hydrogen-bond donors (Lipinski definition) is 2. The molecule has 17 heavy (non-hydrogen) atoms. The molecule has 2 amide bonds. The molecule has 0 spiro atoms. The van der Waals surface area contributed by atoms with Crippen LogP contribution in [0, 0.1) is 0 Å². The van der Waals surface area contributed by atoms with Gasteiger partial charge in [-0.25, -0.2) is 0 Å². The lowest BCUT2D eigenvalue weighted by atomic mass is 10.3. The summed E-state index contributed by atoms with van der Waals surface area (Å²) in [5, 5.41) is 2.74. The minimum Gasteiger partial charge on any atom is -0.366 e. The van der Waals surface area contributed by atoms with E-state index in [1.165, 1.54) is 6.08 Å². The van der Waals surface area contributed by atoms with Crippen molar-refractivity contribution in [3.05, 3.63) is 25.3 Å². The molecule has 0 unspecified atom stereocenters. The molecule has 0 rings (SSSR count). The highest BCUT2D eigenvalue weighted by Gasteiger charge is 2.05. The van der Waals surface area contributed by atoms with Gasteiger partial charge in [0.2, 0.25) is 11.8 Å². The summed E-state index contributed by atoms with van der Waals surface area (Å²) in [5.74, 6) is -0.568. The van der Waals surface area contributed by atoms with E-state index in [-0.39, 0.29) is 5.91 Å². The number of hydrogen-bond acceptors (Lipinski definition) is 2. The number of carbonyl (C=O) groups is 2. The lowest BCUT2D eigenvalue weighted by Gasteiger charge is -2.23. The summed E-state index contributed by atoms with van der Waals surface area (Å²) in [6, 6.07) is 0. The molecule has 98 valence electrons. The molecule has 0 atom stereocenters. The van der Waals surface area contributed by atoms with Gasteiger partial charge in [-0.2, -0.15) is 0 Å². The standard InChI is InChI=1S/C9H18N2O.C3H5NO/c1-5-9(12)10-7-6-8-11(2,3)4;1-2-3(4)5/h5H,1,6-8H2,2-4H3;2H,1H2,(H2,4,5)/p+1. The van der Waals surface area contributed by atoms with Gasteiger partial charge in [0, 0.05) is 13.0 Å². The molecule has 0 radical (unpaired) electrons. The summed E-state index contributed by atoms with van der Waals surface area (Å²) in [6.45, 7) is 8.26. The molecule has 0 aliphatic carbocycles. The Bertz CT molecular complexity index is 267. The highest BCUT2D eigenvalue weighted by molar-refractivity contribution is 5.86. The van der Waals surface area contributed by atoms with Gasteiger partial charge in [-0.05, 0) is 12.2 Å². The summed E-state index contributed by atoms with van der Waals surface area (Å²) in [4.78, 5) is 20.2. The van der Waals surface area contributed by atoms with Crippen molar-refractivity contribution in [1.29, 1.82) is 0 Å². The molecule has 0 aliphatic heterocycles. The van der Waals surface area contributed by atoms with Gasteiger partial charge in [0.05, 0.1) is 27.7 Å². The average Bonchev–Trinajstić information content (AvgIpc) is 2.23. The predicted molar refractivity (Wildman–Crippen MR) is 70.1 cm³/mol. The smallest absolute Gasteiger partial charge is 0.243 e. The SMILES string of the molecule is C=CC(=O)NCCC[N+](C)(C)C.C=CC(N)=O. The number of quaternary nitrogens is 1. The minimum atomic E-state index is -0.481. The second-order valence-corrected chi connectivity index (χ2v) is 4.47. The van der Waals surface area contributed by atoms with Crippen molar-refractivity contribution in [3.8, 4) is 0 Å². The van der Waals surface area contributed by atoms with Gasteiger partial charge in [-0.3, -0.25) is 9.59 Å². The van der Waals surface area contributed by atoms with Crippen LogP contribution >= 0.6 is 0 Å². The van der Waals surface area contributed by atoms with Gasteiger partial charge in [0.1, 0.15) is 0 Å². The van der Waals surface area contributed by atoms with Crippen molar-refractivity contribution in [2.45, 2.75) is 6.42 Å². The fourth-order valence-electron chi connectivity index (χ4n) is 0.837. The summed E-state index contributed by atoms with van der Waals surface area (Å²) >= 11 is 0. The maximum atomic E-state index is 10.7. The topological polar surface area (TPSA) is 72.2 Å². The second kappa shape index (κ2) is 9.59. The third kappa shape index (κ3) is 20.5. The number of primary amides is 1. The second-order valence-electron chi connectivity index (χ2n) is 4.47. The number of nitrogens with zero attached hydrogens (tertiary/aromatic N) is 1. The van der Waals surface area contributed by atoms with Crippen molar-refractivity contribution in [2.75, 3.05) is 34.2 Å². The van der Waals surface area contributed by atoms with Crippen molar-refractivity contribution < 1.29 is 14.1 Å². The fraction of sp³-hybridized carbons (Fsp3) is 0.500. The van der Waals surface area contributed by atoms with E-state index in [0.717, 1.165) is 30.1 Å². The minimum absolute atomic E-state index is 0.0867. The third-order valence-electron chi connectivity index (χ3n) is 1.69. The lowest BCUT2D eigenvalue weighted by Crippen LogP contribution is -2.37. The van der Waals surface area contributed by atoms with E-state index in [1.807, 2.05) is 0 Å². The van der Waals surface area contributed by atoms with Crippen LogP contribution in [0.1, 0.15) is 6.42 Å². The van der Waals surface area contributed by atoms with Gasteiger partial charge < -0.3 is 15.5 Å². The Labute approximate surface area is 104 Å². The lowest BCUT2D eigenvalue weighted by molar-refractivity contribution is -0.870. The Morgan fingerprint density at radius 3 is 2.00 bits per heavy atom. The number of rotatable bonds is 6. The number of nitrogens with one attached hydrogen (secondary N) is 1. The monoisotopic (exact) mass is 242 g/mol. The Morgan fingerprint density at radius 1 is 1.24 bits per heavy atom. The molecular weight excluding hydrogens is 218 g/mol. The zero-order chi connectivity index (χ0) is 13.9. The van der Waals surface area contributed by atoms with Gasteiger partial charge in [0.15, 0.2) is 0 Å². The number of amides is 2. The maximum absolute atomic E-state index is 10.7. The van der Waals surface area contributed by atoms with Crippen LogP contribution in [0.5, 0.6) is 0 Å². The molecule has 0 aromatic rings. The predicted octanol–water partition coefficient (Wildman–Crippen LogP) is 0.0426. The molecule has 0 fully saturated rings. The largest absolute Gasteiger partial charge is 0.366 e. The van der Waals surface area contributed by atoms with E-state index in [2.05, 4.69) is 45.4 Å². The highest BCUT2D eigenvalue weighted by atomic mass is 16.1. The molecular formula is C12H24N3O2+. The fourth-order valence-corrected chi connectivity index (χ4v) is 0.837. The first-order valence-corrected chi connectivity index (χ1v) is 5.35. The van der Waals surface area contributed by atoms with E-state index in [9.17, 15) is 9.59 Å². The van der Waals surface area contributed by atoms with Gasteiger partial charge in [-0.15, -0.1) is 0 Å². The van der Waals surface area contributed by atoms with Crippen LogP contribution in [-0.4, -0.2) is 50.5 Å². The third-order valence-corrected chi connectivity index (χ3v) is 1.69. The molecule has 0 bridgehead atoms. The van der Waals surface area contributed by atoms with E-state index in [1.54, 1.807) is 0 Å². The van der Waals surface area contributed by atoms with Gasteiger partial charge in [0.25, 0.3) is 0 Å². The Balaban J connectivity index is 0. The first kappa shape index (κ1) is 17.8. The molecule has 0 heterocycles. The molecule has 0 aromatic heterocycles. The Kier molecular flexibility index (Phi) is 10.0. The van der Waals surface area contributed by atoms with Crippen LogP contribution in [0.15, 0.2) is 25.3 Å². The van der Waals surface area contributed by atoms with Gasteiger partial charge >= 0.3 is 0 Å². The molecule has 0 aliphatic rings. The van der Waals surface area contributed by atoms with E-state index in [4.69, 9.17) is 0 Å². The van der Waals surface area contributed by atoms with E-state index in [0.29, 0.717) is 0 Å². The number of carbonyl (C=O) groups excluding carboxylic acids is 2. The van der Waals surface area contributed by atoms with Crippen molar-refractivity contribution in [1.82, 2.24) is 5.32 Å². The molecule has 0 aromatic carbocycles. The van der Waals surface area contributed by atoms with Crippen molar-refractivity contribution in [2.24, 2.45) is 5.73 Å². The Hall–Kier alpha value is -1.62. The van der Waals surface area contributed by atoms with Gasteiger partial charge in [-0.1, -0.05) is 13.2 Å². The van der Waals surface area contributed by atoms with Crippen LogP contribution in [0.2, 0.25) is 0 Å². The van der Waals surface area contributed by atoms with Crippen LogP contribution in [0.4, 0.5) is 0 Å². The van der Waals surface area contributed by atoms with Crippen LogP contribution < -0.4 is 11.1 Å². The normalized spacial score (nSPS) is 9.59. The molecule has 5 heteroatoms. The summed E-state index contributed by atoms with van der Waals surface area (Å²) in [7, 11) is 6.40. The molecule has 5 nitrogen and oxygen atoms in total.